The summed E-state index contributed by atoms with van der Waals surface area (Å²) in [5.41, 5.74) is 0.608. The molecule has 1 N–H and O–H groups in total. The van der Waals surface area contributed by atoms with Crippen LogP contribution in [-0.4, -0.2) is 43.8 Å². The first-order valence-electron chi connectivity index (χ1n) is 6.25. The summed E-state index contributed by atoms with van der Waals surface area (Å²) in [6.07, 6.45) is 0.643. The third kappa shape index (κ3) is 3.34. The van der Waals surface area contributed by atoms with Gasteiger partial charge in [-0.05, 0) is 24.6 Å². The fourth-order valence-electron chi connectivity index (χ4n) is 2.49. The van der Waals surface area contributed by atoms with Crippen LogP contribution in [0.25, 0.3) is 0 Å². The van der Waals surface area contributed by atoms with E-state index in [2.05, 4.69) is 5.32 Å². The summed E-state index contributed by atoms with van der Waals surface area (Å²) in [5.74, 6) is -0.693. The lowest BCUT2D eigenvalue weighted by atomic mass is 10.1. The predicted molar refractivity (Wildman–Crippen MR) is 73.2 cm³/mol. The lowest BCUT2D eigenvalue weighted by Gasteiger charge is -2.30. The highest BCUT2D eigenvalue weighted by molar-refractivity contribution is 7.90. The Hall–Kier alpha value is -1.47. The van der Waals surface area contributed by atoms with Crippen LogP contribution in [0, 0.1) is 5.82 Å². The maximum absolute atomic E-state index is 13.3. The topological polar surface area (TPSA) is 66.5 Å². The molecule has 0 radical (unpaired) electrons. The van der Waals surface area contributed by atoms with Gasteiger partial charge in [-0.25, -0.2) is 12.8 Å². The molecule has 1 heterocycles. The molecule has 1 aliphatic heterocycles. The Morgan fingerprint density at radius 2 is 2.20 bits per heavy atom. The molecule has 5 nitrogen and oxygen atoms in total. The molecule has 0 bridgehead atoms. The van der Waals surface area contributed by atoms with Crippen molar-refractivity contribution >= 4 is 15.7 Å². The van der Waals surface area contributed by atoms with Crippen LogP contribution in [0.3, 0.4) is 0 Å². The van der Waals surface area contributed by atoms with Gasteiger partial charge in [0.05, 0.1) is 12.3 Å². The molecule has 1 aromatic carbocycles. The number of carbonyl (C=O) groups is 1. The van der Waals surface area contributed by atoms with Gasteiger partial charge in [0.1, 0.15) is 21.8 Å². The van der Waals surface area contributed by atoms with E-state index < -0.39 is 22.0 Å². The van der Waals surface area contributed by atoms with Crippen molar-refractivity contribution in [1.29, 1.82) is 0 Å². The summed E-state index contributed by atoms with van der Waals surface area (Å²) in [6, 6.07) is 5.47. The largest absolute Gasteiger partial charge is 0.318 e. The lowest BCUT2D eigenvalue weighted by Crippen LogP contribution is -2.41. The molecule has 0 aromatic heterocycles. The molecule has 1 aromatic rings. The molecule has 1 aliphatic rings. The molecule has 0 spiro atoms. The van der Waals surface area contributed by atoms with Gasteiger partial charge >= 0.3 is 0 Å². The molecule has 2 rings (SSSR count). The number of carbonyl (C=O) groups excluding carboxylic acids is 1. The quantitative estimate of drug-likeness (QED) is 0.888. The zero-order valence-electron chi connectivity index (χ0n) is 11.3. The van der Waals surface area contributed by atoms with E-state index in [4.69, 9.17) is 0 Å². The second kappa shape index (κ2) is 5.49. The third-order valence-electron chi connectivity index (χ3n) is 3.20. The van der Waals surface area contributed by atoms with Crippen LogP contribution in [0.15, 0.2) is 24.3 Å². The fraction of sp³-hybridized carbons (Fsp3) is 0.462. The van der Waals surface area contributed by atoms with Crippen molar-refractivity contribution in [1.82, 2.24) is 10.2 Å². The summed E-state index contributed by atoms with van der Waals surface area (Å²) >= 11 is 0. The Labute approximate surface area is 117 Å². The second-order valence-corrected chi connectivity index (χ2v) is 7.27. The molecule has 1 saturated heterocycles. The minimum absolute atomic E-state index is 0.119. The van der Waals surface area contributed by atoms with E-state index in [1.807, 2.05) is 0 Å². The van der Waals surface area contributed by atoms with Gasteiger partial charge in [-0.2, -0.15) is 0 Å². The maximum atomic E-state index is 13.3. The van der Waals surface area contributed by atoms with Gasteiger partial charge in [0, 0.05) is 12.3 Å². The van der Waals surface area contributed by atoms with Gasteiger partial charge in [0.2, 0.25) is 5.91 Å². The Morgan fingerprint density at radius 3 is 2.80 bits per heavy atom. The first-order valence-corrected chi connectivity index (χ1v) is 8.32. The van der Waals surface area contributed by atoms with Crippen LogP contribution in [0.2, 0.25) is 0 Å². The van der Waals surface area contributed by atoms with E-state index in [0.29, 0.717) is 5.56 Å². The van der Waals surface area contributed by atoms with Crippen molar-refractivity contribution in [3.8, 4) is 0 Å². The van der Waals surface area contributed by atoms with E-state index in [1.54, 1.807) is 19.1 Å². The zero-order valence-corrected chi connectivity index (χ0v) is 12.2. The summed E-state index contributed by atoms with van der Waals surface area (Å²) in [4.78, 5) is 13.4. The highest BCUT2D eigenvalue weighted by Crippen LogP contribution is 2.25. The highest BCUT2D eigenvalue weighted by atomic mass is 32.2. The fourth-order valence-corrected chi connectivity index (χ4v) is 3.53. The molecule has 1 fully saturated rings. The van der Waals surface area contributed by atoms with Crippen LogP contribution in [-0.2, 0) is 14.6 Å². The highest BCUT2D eigenvalue weighted by Gasteiger charge is 2.36. The number of halogens is 1. The van der Waals surface area contributed by atoms with Gasteiger partial charge in [-0.1, -0.05) is 12.1 Å². The number of nitrogens with zero attached hydrogens (tertiary/aromatic N) is 1. The van der Waals surface area contributed by atoms with Crippen LogP contribution in [0.1, 0.15) is 18.7 Å². The monoisotopic (exact) mass is 300 g/mol. The third-order valence-corrected chi connectivity index (χ3v) is 4.28. The van der Waals surface area contributed by atoms with Crippen molar-refractivity contribution in [2.75, 3.05) is 18.6 Å². The normalized spacial score (nSPS) is 21.2. The smallest absolute Gasteiger partial charge is 0.238 e. The Balaban J connectivity index is 2.27. The molecule has 7 heteroatoms. The van der Waals surface area contributed by atoms with Crippen molar-refractivity contribution in [2.24, 2.45) is 0 Å². The van der Waals surface area contributed by atoms with Gasteiger partial charge in [0.25, 0.3) is 0 Å². The number of nitrogens with one attached hydrogen (secondary N) is 1. The van der Waals surface area contributed by atoms with E-state index in [9.17, 15) is 17.6 Å². The van der Waals surface area contributed by atoms with Gasteiger partial charge in [0.15, 0.2) is 0 Å². The minimum atomic E-state index is -3.19. The second-order valence-electron chi connectivity index (χ2n) is 5.08. The number of hydrogen-bond acceptors (Lipinski definition) is 4. The zero-order chi connectivity index (χ0) is 14.9. The van der Waals surface area contributed by atoms with E-state index in [1.165, 1.54) is 17.0 Å². The summed E-state index contributed by atoms with van der Waals surface area (Å²) in [7, 11) is -3.19. The summed E-state index contributed by atoms with van der Waals surface area (Å²) in [6.45, 7) is 1.80. The standard InChI is InChI=1S/C13H17FN2O3S/c1-9(8-20(2,18)19)16-12(17)7-15-13(16)10-4-3-5-11(14)6-10/h3-6,9,13,15H,7-8H2,1-2H3. The van der Waals surface area contributed by atoms with Crippen molar-refractivity contribution < 1.29 is 17.6 Å². The van der Waals surface area contributed by atoms with Gasteiger partial charge < -0.3 is 4.90 Å². The molecule has 2 atom stereocenters. The molecule has 1 amide bonds. The minimum Gasteiger partial charge on any atom is -0.318 e. The van der Waals surface area contributed by atoms with Crippen LogP contribution >= 0.6 is 0 Å². The van der Waals surface area contributed by atoms with Crippen molar-refractivity contribution in [3.63, 3.8) is 0 Å². The molecule has 0 aliphatic carbocycles. The molecule has 2 unspecified atom stereocenters. The first kappa shape index (κ1) is 14.9. The van der Waals surface area contributed by atoms with Crippen LogP contribution in [0.5, 0.6) is 0 Å². The van der Waals surface area contributed by atoms with E-state index >= 15 is 0 Å². The Kier molecular flexibility index (Phi) is 4.10. The maximum Gasteiger partial charge on any atom is 0.238 e. The van der Waals surface area contributed by atoms with Crippen molar-refractivity contribution in [2.45, 2.75) is 19.1 Å². The summed E-state index contributed by atoms with van der Waals surface area (Å²) < 4.78 is 36.1. The predicted octanol–water partition coefficient (Wildman–Crippen LogP) is 0.689. The Morgan fingerprint density at radius 1 is 1.50 bits per heavy atom. The van der Waals surface area contributed by atoms with Crippen LogP contribution < -0.4 is 5.32 Å². The number of sulfone groups is 1. The van der Waals surface area contributed by atoms with Crippen molar-refractivity contribution in [3.05, 3.63) is 35.6 Å². The number of rotatable bonds is 4. The average molecular weight is 300 g/mol. The number of benzene rings is 1. The SMILES string of the molecule is CC(CS(C)(=O)=O)N1C(=O)CNC1c1cccc(F)c1. The molecule has 0 saturated carbocycles. The van der Waals surface area contributed by atoms with E-state index in [-0.39, 0.29) is 24.0 Å². The average Bonchev–Trinajstić information content (AvgIpc) is 2.69. The molecule has 20 heavy (non-hydrogen) atoms. The first-order chi connectivity index (χ1) is 9.28. The molecular weight excluding hydrogens is 283 g/mol. The van der Waals surface area contributed by atoms with E-state index in [0.717, 1.165) is 6.26 Å². The van der Waals surface area contributed by atoms with Crippen LogP contribution in [0.4, 0.5) is 4.39 Å². The van der Waals surface area contributed by atoms with Gasteiger partial charge in [-0.3, -0.25) is 10.1 Å². The Bertz CT molecular complexity index is 618. The number of amides is 1. The molecular formula is C13H17FN2O3S. The lowest BCUT2D eigenvalue weighted by molar-refractivity contribution is -0.129. The summed E-state index contributed by atoms with van der Waals surface area (Å²) in [5, 5.41) is 2.98. The van der Waals surface area contributed by atoms with Gasteiger partial charge in [-0.15, -0.1) is 0 Å². The molecule has 110 valence electrons. The number of hydrogen-bond donors (Lipinski definition) is 1.